The predicted molar refractivity (Wildman–Crippen MR) is 189 cm³/mol. The van der Waals surface area contributed by atoms with Crippen molar-refractivity contribution in [2.75, 3.05) is 17.2 Å². The van der Waals surface area contributed by atoms with E-state index in [1.807, 2.05) is 39.0 Å². The number of rotatable bonds is 16. The molecule has 1 heterocycles. The first kappa shape index (κ1) is 40.0. The second kappa shape index (κ2) is 18.5. The van der Waals surface area contributed by atoms with Gasteiger partial charge in [0.05, 0.1) is 12.8 Å². The van der Waals surface area contributed by atoms with E-state index in [0.717, 1.165) is 5.56 Å². The van der Waals surface area contributed by atoms with E-state index in [4.69, 9.17) is 0 Å². The first-order valence-electron chi connectivity index (χ1n) is 16.9. The Hall–Kier alpha value is -5.47. The molecule has 0 aliphatic carbocycles. The molecule has 0 radical (unpaired) electrons. The number of hydrogen-bond donors (Lipinski definition) is 7. The van der Waals surface area contributed by atoms with Gasteiger partial charge in [-0.15, -0.1) is 0 Å². The molecule has 1 saturated heterocycles. The molecule has 1 aliphatic rings. The predicted octanol–water partition coefficient (Wildman–Crippen LogP) is 2.89. The van der Waals surface area contributed by atoms with E-state index in [-0.39, 0.29) is 31.7 Å². The van der Waals surface area contributed by atoms with E-state index in [1.54, 1.807) is 44.2 Å². The summed E-state index contributed by atoms with van der Waals surface area (Å²) >= 11 is 0. The Kier molecular flexibility index (Phi) is 14.5. The van der Waals surface area contributed by atoms with Crippen molar-refractivity contribution in [2.45, 2.75) is 90.9 Å². The van der Waals surface area contributed by atoms with Crippen LogP contribution >= 0.6 is 0 Å². The van der Waals surface area contributed by atoms with Gasteiger partial charge in [0, 0.05) is 17.9 Å². The highest BCUT2D eigenvalue weighted by Gasteiger charge is 2.40. The first-order valence-corrected chi connectivity index (χ1v) is 16.9. The molecular weight excluding hydrogens is 660 g/mol. The van der Waals surface area contributed by atoms with Gasteiger partial charge in [0.25, 0.3) is 0 Å². The number of carboxylic acids is 2. The Morgan fingerprint density at radius 3 is 2.06 bits per heavy atom. The Labute approximate surface area is 296 Å². The zero-order valence-electron chi connectivity index (χ0n) is 29.5. The van der Waals surface area contributed by atoms with Crippen molar-refractivity contribution in [3.63, 3.8) is 0 Å². The third-order valence-corrected chi connectivity index (χ3v) is 8.39. The molecule has 0 unspecified atom stereocenters. The maximum Gasteiger partial charge on any atom is 0.326 e. The molecule has 0 spiro atoms. The number of nitrogens with one attached hydrogen (secondary N) is 5. The van der Waals surface area contributed by atoms with Crippen LogP contribution in [0.2, 0.25) is 0 Å². The summed E-state index contributed by atoms with van der Waals surface area (Å²) in [6.07, 6.45) is 0.0256. The van der Waals surface area contributed by atoms with Crippen LogP contribution < -0.4 is 26.6 Å². The van der Waals surface area contributed by atoms with Crippen molar-refractivity contribution in [2.24, 2.45) is 11.8 Å². The molecule has 4 atom stereocenters. The fourth-order valence-electron chi connectivity index (χ4n) is 5.73. The number of nitrogens with zero attached hydrogens (tertiary/aromatic N) is 1. The molecule has 6 amide bonds. The molecule has 7 N–H and O–H groups in total. The average molecular weight is 709 g/mol. The molecule has 2 aromatic rings. The molecule has 51 heavy (non-hydrogen) atoms. The third-order valence-electron chi connectivity index (χ3n) is 8.39. The van der Waals surface area contributed by atoms with Crippen LogP contribution in [0.15, 0.2) is 48.5 Å². The number of para-hydroxylation sites is 1. The molecule has 15 heteroatoms. The number of carboxylic acid groups (broad SMARTS) is 2. The zero-order valence-corrected chi connectivity index (χ0v) is 29.5. The summed E-state index contributed by atoms with van der Waals surface area (Å²) in [5.41, 5.74) is 2.66. The minimum absolute atomic E-state index is 0.0745. The van der Waals surface area contributed by atoms with Crippen LogP contribution in [0.3, 0.4) is 0 Å². The Morgan fingerprint density at radius 2 is 1.47 bits per heavy atom. The number of amides is 6. The van der Waals surface area contributed by atoms with Crippen molar-refractivity contribution in [1.82, 2.24) is 20.9 Å². The minimum Gasteiger partial charge on any atom is -0.481 e. The summed E-state index contributed by atoms with van der Waals surface area (Å²) < 4.78 is 0. The van der Waals surface area contributed by atoms with Crippen molar-refractivity contribution >= 4 is 53.0 Å². The van der Waals surface area contributed by atoms with Crippen molar-refractivity contribution in [3.05, 3.63) is 59.7 Å². The number of hydrogen-bond acceptors (Lipinski definition) is 7. The number of aryl methyl sites for hydroxylation is 1. The van der Waals surface area contributed by atoms with E-state index >= 15 is 0 Å². The summed E-state index contributed by atoms with van der Waals surface area (Å²) in [5.74, 6) is -5.92. The summed E-state index contributed by atoms with van der Waals surface area (Å²) in [5, 5.41) is 32.2. The molecule has 2 aromatic carbocycles. The standard InChI is InChI=1S/C36H48N6O9/c1-20(2)17-26(38-29(43)18-23-12-14-24(15-13-23)37-36(51)40-25-10-7-6-9-22(25)5)32(46)39-27(19-30(44)45)33(47)41-31(21(3)4)34(48)42-16-8-11-28(42)35(49)50/h6-7,9-10,12-15,20-21,26-28,31H,8,11,16-19H2,1-5H3,(H,38,43)(H,39,46)(H,41,47)(H,44,45)(H,49,50)(H2,37,40,51)/t26-,27-,28-,31-/m1/s1. The minimum atomic E-state index is -1.59. The smallest absolute Gasteiger partial charge is 0.326 e. The van der Waals surface area contributed by atoms with Crippen LogP contribution in [0, 0.1) is 18.8 Å². The summed E-state index contributed by atoms with van der Waals surface area (Å²) in [4.78, 5) is 90.2. The lowest BCUT2D eigenvalue weighted by atomic mass is 10.00. The summed E-state index contributed by atoms with van der Waals surface area (Å²) in [6.45, 7) is 9.04. The Morgan fingerprint density at radius 1 is 0.824 bits per heavy atom. The monoisotopic (exact) mass is 708 g/mol. The lowest BCUT2D eigenvalue weighted by molar-refractivity contribution is -0.150. The molecular formula is C36H48N6O9. The highest BCUT2D eigenvalue weighted by Crippen LogP contribution is 2.21. The van der Waals surface area contributed by atoms with E-state index in [2.05, 4.69) is 26.6 Å². The largest absolute Gasteiger partial charge is 0.481 e. The van der Waals surface area contributed by atoms with Gasteiger partial charge in [-0.3, -0.25) is 24.0 Å². The number of aliphatic carboxylic acids is 2. The van der Waals surface area contributed by atoms with Crippen molar-refractivity contribution in [3.8, 4) is 0 Å². The maximum absolute atomic E-state index is 13.5. The molecule has 0 saturated carbocycles. The Balaban J connectivity index is 1.65. The molecule has 1 fully saturated rings. The lowest BCUT2D eigenvalue weighted by Gasteiger charge is -2.30. The normalized spacial score (nSPS) is 15.7. The molecule has 3 rings (SSSR count). The number of urea groups is 1. The van der Waals surface area contributed by atoms with Crippen molar-refractivity contribution < 1.29 is 43.8 Å². The lowest BCUT2D eigenvalue weighted by Crippen LogP contribution is -2.59. The van der Waals surface area contributed by atoms with E-state index in [9.17, 15) is 43.8 Å². The van der Waals surface area contributed by atoms with Gasteiger partial charge in [-0.2, -0.15) is 0 Å². The number of likely N-dealkylation sites (tertiary alicyclic amines) is 1. The quantitative estimate of drug-likeness (QED) is 0.136. The second-order valence-electron chi connectivity index (χ2n) is 13.4. The van der Waals surface area contributed by atoms with Crippen molar-refractivity contribution in [1.29, 1.82) is 0 Å². The molecule has 276 valence electrons. The molecule has 1 aliphatic heterocycles. The number of anilines is 2. The van der Waals surface area contributed by atoms with Gasteiger partial charge < -0.3 is 41.7 Å². The SMILES string of the molecule is Cc1ccccc1NC(=O)Nc1ccc(CC(=O)N[C@H](CC(C)C)C(=O)N[C@H](CC(=O)O)C(=O)N[C@@H](C(=O)N2CCC[C@@H]2C(=O)O)C(C)C)cc1. The van der Waals surface area contributed by atoms with Gasteiger partial charge in [0.1, 0.15) is 24.2 Å². The van der Waals surface area contributed by atoms with Gasteiger partial charge in [0.15, 0.2) is 0 Å². The van der Waals surface area contributed by atoms with Gasteiger partial charge in [-0.05, 0) is 67.3 Å². The first-order chi connectivity index (χ1) is 24.0. The van der Waals surface area contributed by atoms with Gasteiger partial charge in [0.2, 0.25) is 23.6 Å². The van der Waals surface area contributed by atoms with E-state index in [0.29, 0.717) is 23.4 Å². The fraction of sp³-hybridized carbons (Fsp3) is 0.472. The topological polar surface area (TPSA) is 223 Å². The van der Waals surface area contributed by atoms with Crippen LogP contribution in [0.1, 0.15) is 64.5 Å². The highest BCUT2D eigenvalue weighted by atomic mass is 16.4. The van der Waals surface area contributed by atoms with Gasteiger partial charge in [-0.1, -0.05) is 58.0 Å². The number of benzene rings is 2. The molecule has 0 bridgehead atoms. The maximum atomic E-state index is 13.5. The van der Waals surface area contributed by atoms with Crippen LogP contribution in [-0.4, -0.2) is 87.4 Å². The number of carbonyl (C=O) groups is 7. The summed E-state index contributed by atoms with van der Waals surface area (Å²) in [7, 11) is 0. The average Bonchev–Trinajstić information content (AvgIpc) is 3.55. The van der Waals surface area contributed by atoms with Gasteiger partial charge >= 0.3 is 18.0 Å². The molecule has 0 aromatic heterocycles. The van der Waals surface area contributed by atoms with Crippen LogP contribution in [0.4, 0.5) is 16.2 Å². The van der Waals surface area contributed by atoms with E-state index < -0.39 is 78.1 Å². The zero-order chi connectivity index (χ0) is 37.8. The van der Waals surface area contributed by atoms with Gasteiger partial charge in [-0.25, -0.2) is 9.59 Å². The van der Waals surface area contributed by atoms with Crippen LogP contribution in [0.25, 0.3) is 0 Å². The summed E-state index contributed by atoms with van der Waals surface area (Å²) in [6, 6.07) is 8.57. The third kappa shape index (κ3) is 12.1. The molecule has 15 nitrogen and oxygen atoms in total. The number of carbonyl (C=O) groups excluding carboxylic acids is 5. The Bertz CT molecular complexity index is 1590. The fourth-order valence-corrected chi connectivity index (χ4v) is 5.73. The highest BCUT2D eigenvalue weighted by molar-refractivity contribution is 6.00. The van der Waals surface area contributed by atoms with E-state index in [1.165, 1.54) is 4.90 Å². The van der Waals surface area contributed by atoms with Crippen LogP contribution in [-0.2, 0) is 35.2 Å². The van der Waals surface area contributed by atoms with Crippen LogP contribution in [0.5, 0.6) is 0 Å². The second-order valence-corrected chi connectivity index (χ2v) is 13.4.